The molecule has 0 bridgehead atoms. The minimum atomic E-state index is -6.32. The number of carbonyl (C=O) groups is 1. The molecule has 36 heavy (non-hydrogen) atoms. The van der Waals surface area contributed by atoms with Crippen molar-refractivity contribution in [2.75, 3.05) is 0 Å². The monoisotopic (exact) mass is 538 g/mol. The van der Waals surface area contributed by atoms with Crippen molar-refractivity contribution >= 4 is 17.2 Å². The van der Waals surface area contributed by atoms with E-state index in [-0.39, 0.29) is 15.8 Å². The summed E-state index contributed by atoms with van der Waals surface area (Å²) in [4.78, 5) is 13.4. The molecule has 0 radical (unpaired) electrons. The van der Waals surface area contributed by atoms with E-state index in [9.17, 15) is 39.9 Å². The van der Waals surface area contributed by atoms with E-state index in [1.165, 1.54) is 6.07 Å². The van der Waals surface area contributed by atoms with Crippen LogP contribution in [0.4, 0.5) is 35.1 Å². The maximum atomic E-state index is 13.9. The third-order valence-corrected chi connectivity index (χ3v) is 6.62. The van der Waals surface area contributed by atoms with Crippen LogP contribution in [-0.2, 0) is 19.1 Å². The summed E-state index contributed by atoms with van der Waals surface area (Å²) in [6, 6.07) is 3.43. The largest absolute Gasteiger partial charge is 0.459 e. The molecule has 3 aromatic heterocycles. The summed E-state index contributed by atoms with van der Waals surface area (Å²) in [5.41, 5.74) is -5.32. The number of aryl methyl sites for hydroxylation is 2. The van der Waals surface area contributed by atoms with Crippen LogP contribution < -0.4 is 5.32 Å². The molecule has 1 saturated carbocycles. The van der Waals surface area contributed by atoms with E-state index < -0.39 is 46.8 Å². The number of rotatable bonds is 5. The van der Waals surface area contributed by atoms with Gasteiger partial charge in [0.05, 0.1) is 17.8 Å². The van der Waals surface area contributed by atoms with Crippen molar-refractivity contribution in [3.05, 3.63) is 40.2 Å². The van der Waals surface area contributed by atoms with Gasteiger partial charge in [0.15, 0.2) is 11.5 Å². The summed E-state index contributed by atoms with van der Waals surface area (Å²) in [7, 11) is 0.780. The number of halogens is 8. The number of hydrogen-bond acceptors (Lipinski definition) is 5. The number of nitrogens with zero attached hydrogens (tertiary/aromatic N) is 5. The number of aromatic nitrogens is 4. The van der Waals surface area contributed by atoms with Gasteiger partial charge in [0.25, 0.3) is 5.91 Å². The maximum Gasteiger partial charge on any atom is 0.459 e. The van der Waals surface area contributed by atoms with Crippen molar-refractivity contribution in [3.8, 4) is 22.3 Å². The fraction of sp³-hybridized carbons (Fsp3) is 0.400. The molecule has 7 nitrogen and oxygen atoms in total. The fourth-order valence-electron chi connectivity index (χ4n) is 3.48. The Morgan fingerprint density at radius 2 is 1.83 bits per heavy atom. The molecule has 0 aliphatic heterocycles. The number of amides is 1. The summed E-state index contributed by atoms with van der Waals surface area (Å²) in [5, 5.41) is 18.3. The van der Waals surface area contributed by atoms with E-state index in [4.69, 9.17) is 5.26 Å². The lowest BCUT2D eigenvalue weighted by molar-refractivity contribution is -0.292. The standard InChI is InChI=1S/C20H14F8N6OS/c1-9-11(15(35)31-17(8-29)3-4-17)5-12(36-9)10-6-30-34(7-10)16-13(19(23,24)25)14(32-33(16)2)18(21,22)20(26,27)28/h5-7H,3-4H2,1-2H3,(H,31,35). The molecular formula is C20H14F8N6OS. The van der Waals surface area contributed by atoms with Crippen molar-refractivity contribution in [2.45, 2.75) is 43.6 Å². The first-order chi connectivity index (χ1) is 16.5. The van der Waals surface area contributed by atoms with Crippen LogP contribution in [0.3, 0.4) is 0 Å². The van der Waals surface area contributed by atoms with Gasteiger partial charge in [-0.25, -0.2) is 9.36 Å². The highest BCUT2D eigenvalue weighted by molar-refractivity contribution is 7.15. The molecule has 0 spiro atoms. The maximum absolute atomic E-state index is 13.9. The van der Waals surface area contributed by atoms with Crippen LogP contribution in [-0.4, -0.2) is 37.2 Å². The minimum Gasteiger partial charge on any atom is -0.334 e. The predicted octanol–water partition coefficient (Wildman–Crippen LogP) is 5.10. The quantitative estimate of drug-likeness (QED) is 0.458. The Morgan fingerprint density at radius 3 is 2.36 bits per heavy atom. The highest BCUT2D eigenvalue weighted by Gasteiger charge is 2.64. The first-order valence-corrected chi connectivity index (χ1v) is 10.8. The van der Waals surface area contributed by atoms with Crippen LogP contribution in [0.5, 0.6) is 0 Å². The first kappa shape index (κ1) is 25.6. The van der Waals surface area contributed by atoms with Gasteiger partial charge in [-0.3, -0.25) is 4.79 Å². The van der Waals surface area contributed by atoms with Crippen molar-refractivity contribution in [1.82, 2.24) is 24.9 Å². The van der Waals surface area contributed by atoms with Crippen LogP contribution in [0.1, 0.15) is 39.3 Å². The van der Waals surface area contributed by atoms with E-state index in [2.05, 4.69) is 15.5 Å². The number of nitrogens with one attached hydrogen (secondary N) is 1. The molecule has 1 N–H and O–H groups in total. The average Bonchev–Trinajstić information content (AvgIpc) is 3.08. The summed E-state index contributed by atoms with van der Waals surface area (Å²) < 4.78 is 108. The van der Waals surface area contributed by atoms with Gasteiger partial charge in [0.2, 0.25) is 0 Å². The van der Waals surface area contributed by atoms with Gasteiger partial charge in [-0.05, 0) is 25.8 Å². The minimum absolute atomic E-state index is 0.169. The second-order valence-electron chi connectivity index (χ2n) is 8.14. The van der Waals surface area contributed by atoms with Crippen LogP contribution in [0.2, 0.25) is 0 Å². The molecule has 0 aromatic carbocycles. The molecule has 0 unspecified atom stereocenters. The molecule has 1 aliphatic carbocycles. The summed E-state index contributed by atoms with van der Waals surface area (Å²) in [5.74, 6) is -7.55. The Morgan fingerprint density at radius 1 is 1.19 bits per heavy atom. The molecule has 0 atom stereocenters. The lowest BCUT2D eigenvalue weighted by Crippen LogP contribution is -2.36. The normalized spacial score (nSPS) is 15.6. The van der Waals surface area contributed by atoms with E-state index in [0.29, 0.717) is 27.3 Å². The van der Waals surface area contributed by atoms with Crippen molar-refractivity contribution in [2.24, 2.45) is 7.05 Å². The summed E-state index contributed by atoms with van der Waals surface area (Å²) in [6.07, 6.45) is -8.88. The third kappa shape index (κ3) is 4.21. The zero-order valence-electron chi connectivity index (χ0n) is 18.2. The summed E-state index contributed by atoms with van der Waals surface area (Å²) in [6.45, 7) is 1.60. The number of hydrogen-bond donors (Lipinski definition) is 1. The van der Waals surface area contributed by atoms with Gasteiger partial charge in [0, 0.05) is 28.6 Å². The van der Waals surface area contributed by atoms with Crippen LogP contribution in [0.25, 0.3) is 16.3 Å². The zero-order valence-corrected chi connectivity index (χ0v) is 19.0. The van der Waals surface area contributed by atoms with Crippen LogP contribution >= 0.6 is 11.3 Å². The number of nitriles is 1. The number of carbonyl (C=O) groups excluding carboxylic acids is 1. The predicted molar refractivity (Wildman–Crippen MR) is 108 cm³/mol. The first-order valence-electron chi connectivity index (χ1n) is 9.99. The number of thiophene rings is 1. The Hall–Kier alpha value is -3.48. The highest BCUT2D eigenvalue weighted by Crippen LogP contribution is 2.49. The Balaban J connectivity index is 1.74. The van der Waals surface area contributed by atoms with Crippen molar-refractivity contribution in [3.63, 3.8) is 0 Å². The molecule has 1 aliphatic rings. The van der Waals surface area contributed by atoms with E-state index >= 15 is 0 Å². The van der Waals surface area contributed by atoms with Crippen LogP contribution in [0.15, 0.2) is 18.5 Å². The summed E-state index contributed by atoms with van der Waals surface area (Å²) >= 11 is 1.07. The molecule has 4 rings (SSSR count). The SMILES string of the molecule is Cc1sc(-c2cnn(-c3c(C(F)(F)F)c(C(F)(F)C(F)(F)F)nn3C)c2)cc1C(=O)NC1(C#N)CC1. The fourth-order valence-corrected chi connectivity index (χ4v) is 4.47. The molecule has 3 heterocycles. The lowest BCUT2D eigenvalue weighted by atomic mass is 10.1. The Labute approximate surface area is 200 Å². The van der Waals surface area contributed by atoms with Gasteiger partial charge in [-0.1, -0.05) is 0 Å². The molecule has 1 fully saturated rings. The highest BCUT2D eigenvalue weighted by atomic mass is 32.1. The third-order valence-electron chi connectivity index (χ3n) is 5.52. The molecule has 0 saturated heterocycles. The second kappa shape index (κ2) is 8.02. The lowest BCUT2D eigenvalue weighted by Gasteiger charge is -2.19. The van der Waals surface area contributed by atoms with Gasteiger partial charge in [-0.15, -0.1) is 11.3 Å². The number of alkyl halides is 8. The molecule has 3 aromatic rings. The molecule has 192 valence electrons. The molecular weight excluding hydrogens is 524 g/mol. The van der Waals surface area contributed by atoms with Gasteiger partial charge >= 0.3 is 18.3 Å². The van der Waals surface area contributed by atoms with E-state index in [0.717, 1.165) is 30.8 Å². The van der Waals surface area contributed by atoms with Gasteiger partial charge < -0.3 is 5.32 Å². The van der Waals surface area contributed by atoms with Gasteiger partial charge in [-0.2, -0.15) is 50.6 Å². The van der Waals surface area contributed by atoms with Crippen LogP contribution in [0, 0.1) is 18.3 Å². The van der Waals surface area contributed by atoms with E-state index in [1.807, 2.05) is 6.07 Å². The average molecular weight is 538 g/mol. The second-order valence-corrected chi connectivity index (χ2v) is 9.40. The molecule has 16 heteroatoms. The van der Waals surface area contributed by atoms with E-state index in [1.54, 1.807) is 6.92 Å². The van der Waals surface area contributed by atoms with Gasteiger partial charge in [0.1, 0.15) is 11.1 Å². The smallest absolute Gasteiger partial charge is 0.334 e. The van der Waals surface area contributed by atoms with Crippen molar-refractivity contribution < 1.29 is 39.9 Å². The molecule has 1 amide bonds. The Kier molecular flexibility index (Phi) is 5.70. The zero-order chi connectivity index (χ0) is 26.8. The topological polar surface area (TPSA) is 88.5 Å². The van der Waals surface area contributed by atoms with Crippen molar-refractivity contribution in [1.29, 1.82) is 5.26 Å². The Bertz CT molecular complexity index is 1390.